The van der Waals surface area contributed by atoms with E-state index in [9.17, 15) is 35.1 Å². The van der Waals surface area contributed by atoms with E-state index in [4.69, 9.17) is 14.2 Å². The number of rotatable bonds is 65. The summed E-state index contributed by atoms with van der Waals surface area (Å²) < 4.78 is 16.7. The van der Waals surface area contributed by atoms with E-state index >= 15 is 0 Å². The van der Waals surface area contributed by atoms with Gasteiger partial charge in [-0.05, 0) is 83.5 Å². The van der Waals surface area contributed by atoms with Crippen LogP contribution in [-0.2, 0) is 23.8 Å². The fourth-order valence-corrected chi connectivity index (χ4v) is 11.6. The maximum atomic E-state index is 13.0. The number of nitrogens with one attached hydrogen (secondary N) is 1. The van der Waals surface area contributed by atoms with Crippen LogP contribution in [0.2, 0.25) is 0 Å². The Bertz CT molecular complexity index is 1570. The molecule has 0 aromatic carbocycles. The second kappa shape index (κ2) is 64.2. The minimum atomic E-state index is -1.57. The SMILES string of the molecule is CCCC/C=C\C/C=C\CCCCCCCC(=O)OCCCCCCCCCCCCCCCC/C=C\CCCCCCCCCCCCCCCCCCCC(=O)NC(COC1OC(CO)C(O)C(O)C1O)C(O)/C=C/CCCCCCCCC. The number of aliphatic hydroxyl groups excluding tert-OH is 5. The number of aliphatic hydroxyl groups is 5. The molecule has 0 aromatic heterocycles. The third-order valence-corrected chi connectivity index (χ3v) is 17.4. The summed E-state index contributed by atoms with van der Waals surface area (Å²) in [5, 5.41) is 54.3. The van der Waals surface area contributed by atoms with Crippen molar-refractivity contribution < 1.29 is 49.3 Å². The molecule has 1 saturated heterocycles. The van der Waals surface area contributed by atoms with Crippen molar-refractivity contribution in [1.82, 2.24) is 5.32 Å². The number of esters is 1. The molecule has 1 amide bonds. The average molecular weight is 1210 g/mol. The molecule has 0 bridgehead atoms. The van der Waals surface area contributed by atoms with E-state index in [0.717, 1.165) is 64.2 Å². The number of carbonyl (C=O) groups excluding carboxylic acids is 2. The van der Waals surface area contributed by atoms with Crippen LogP contribution in [0.25, 0.3) is 0 Å². The summed E-state index contributed by atoms with van der Waals surface area (Å²) in [6.07, 6.45) is 74.2. The van der Waals surface area contributed by atoms with Crippen molar-refractivity contribution in [3.63, 3.8) is 0 Å². The first-order valence-corrected chi connectivity index (χ1v) is 36.9. The van der Waals surface area contributed by atoms with Crippen LogP contribution >= 0.6 is 0 Å². The van der Waals surface area contributed by atoms with Crippen LogP contribution in [0.15, 0.2) is 48.6 Å². The molecule has 1 rings (SSSR count). The zero-order valence-electron chi connectivity index (χ0n) is 56.0. The summed E-state index contributed by atoms with van der Waals surface area (Å²) in [7, 11) is 0. The van der Waals surface area contributed by atoms with Crippen LogP contribution in [0.4, 0.5) is 0 Å². The third kappa shape index (κ3) is 52.4. The highest BCUT2D eigenvalue weighted by molar-refractivity contribution is 5.76. The second-order valence-electron chi connectivity index (χ2n) is 25.6. The number of carbonyl (C=O) groups is 2. The first kappa shape index (κ1) is 81.6. The predicted octanol–water partition coefficient (Wildman–Crippen LogP) is 19.1. The number of hydrogen-bond donors (Lipinski definition) is 6. The quantitative estimate of drug-likeness (QED) is 0.0195. The normalized spacial score (nSPS) is 18.2. The van der Waals surface area contributed by atoms with Gasteiger partial charge in [-0.3, -0.25) is 9.59 Å². The minimum absolute atomic E-state index is 0.00117. The lowest BCUT2D eigenvalue weighted by atomic mass is 9.99. The molecule has 7 unspecified atom stereocenters. The predicted molar refractivity (Wildman–Crippen MR) is 361 cm³/mol. The van der Waals surface area contributed by atoms with Crippen molar-refractivity contribution in [2.75, 3.05) is 19.8 Å². The molecule has 504 valence electrons. The molecule has 1 heterocycles. The summed E-state index contributed by atoms with van der Waals surface area (Å²) in [5.74, 6) is -0.180. The molecular formula is C75H139NO10. The molecule has 86 heavy (non-hydrogen) atoms. The molecule has 0 radical (unpaired) electrons. The molecule has 1 fully saturated rings. The first-order chi connectivity index (χ1) is 42.2. The molecule has 11 nitrogen and oxygen atoms in total. The lowest BCUT2D eigenvalue weighted by molar-refractivity contribution is -0.302. The largest absolute Gasteiger partial charge is 0.466 e. The maximum absolute atomic E-state index is 13.0. The third-order valence-electron chi connectivity index (χ3n) is 17.4. The Morgan fingerprint density at radius 2 is 0.791 bits per heavy atom. The highest BCUT2D eigenvalue weighted by atomic mass is 16.7. The number of hydrogen-bond acceptors (Lipinski definition) is 10. The van der Waals surface area contributed by atoms with Crippen LogP contribution in [-0.4, -0.2) is 100 Å². The Hall–Kier alpha value is -2.38. The van der Waals surface area contributed by atoms with Crippen LogP contribution in [0.3, 0.4) is 0 Å². The zero-order valence-corrected chi connectivity index (χ0v) is 56.0. The van der Waals surface area contributed by atoms with Gasteiger partial charge in [0.25, 0.3) is 0 Å². The van der Waals surface area contributed by atoms with Crippen molar-refractivity contribution >= 4 is 11.9 Å². The van der Waals surface area contributed by atoms with Gasteiger partial charge in [0.1, 0.15) is 24.4 Å². The molecule has 1 aliphatic rings. The van der Waals surface area contributed by atoms with Crippen molar-refractivity contribution in [3.8, 4) is 0 Å². The smallest absolute Gasteiger partial charge is 0.305 e. The van der Waals surface area contributed by atoms with Crippen molar-refractivity contribution in [1.29, 1.82) is 0 Å². The van der Waals surface area contributed by atoms with Gasteiger partial charge in [0.05, 0.1) is 32.0 Å². The van der Waals surface area contributed by atoms with Crippen molar-refractivity contribution in [2.45, 2.75) is 397 Å². The van der Waals surface area contributed by atoms with Gasteiger partial charge in [0.2, 0.25) is 5.91 Å². The van der Waals surface area contributed by atoms with E-state index in [-0.39, 0.29) is 18.5 Å². The van der Waals surface area contributed by atoms with Crippen LogP contribution < -0.4 is 5.32 Å². The van der Waals surface area contributed by atoms with E-state index in [1.165, 1.54) is 263 Å². The van der Waals surface area contributed by atoms with Gasteiger partial charge in [-0.1, -0.05) is 306 Å². The van der Waals surface area contributed by atoms with E-state index < -0.39 is 49.5 Å². The van der Waals surface area contributed by atoms with E-state index in [0.29, 0.717) is 19.4 Å². The standard InChI is InChI=1S/C75H139NO10/c1-3-5-7-9-11-13-14-15-40-43-47-51-55-59-63-71(80)84-64-60-56-52-48-44-41-38-36-34-32-30-28-26-24-22-20-18-16-17-19-21-23-25-27-29-31-33-35-37-39-42-46-50-54-58-62-70(79)76-67(68(78)61-57-53-49-45-12-10-8-6-4-2)66-85-75-74(83)73(82)72(81)69(65-77)86-75/h9,11,14-15,18,20,57,61,67-69,72-75,77-78,81-83H,3-8,10,12-13,16-17,19,21-56,58-60,62-66H2,1-2H3,(H,76,79)/b11-9-,15-14-,20-18-,61-57+. The number of ether oxygens (including phenoxy) is 3. The first-order valence-electron chi connectivity index (χ1n) is 36.9. The zero-order chi connectivity index (χ0) is 62.3. The summed E-state index contributed by atoms with van der Waals surface area (Å²) >= 11 is 0. The molecule has 7 atom stereocenters. The molecule has 0 spiro atoms. The summed E-state index contributed by atoms with van der Waals surface area (Å²) in [6.45, 7) is 4.30. The minimum Gasteiger partial charge on any atom is -0.466 e. The number of amides is 1. The topological polar surface area (TPSA) is 175 Å². The monoisotopic (exact) mass is 1210 g/mol. The highest BCUT2D eigenvalue weighted by Crippen LogP contribution is 2.23. The molecule has 11 heteroatoms. The van der Waals surface area contributed by atoms with Crippen LogP contribution in [0, 0.1) is 0 Å². The van der Waals surface area contributed by atoms with Crippen LogP contribution in [0.5, 0.6) is 0 Å². The fourth-order valence-electron chi connectivity index (χ4n) is 11.6. The highest BCUT2D eigenvalue weighted by Gasteiger charge is 2.44. The van der Waals surface area contributed by atoms with Crippen molar-refractivity contribution in [2.24, 2.45) is 0 Å². The van der Waals surface area contributed by atoms with Gasteiger partial charge >= 0.3 is 5.97 Å². The summed E-state index contributed by atoms with van der Waals surface area (Å²) in [5.41, 5.74) is 0. The lowest BCUT2D eigenvalue weighted by Crippen LogP contribution is -2.60. The Balaban J connectivity index is 1.88. The fraction of sp³-hybridized carbons (Fsp3) is 0.867. The molecule has 1 aliphatic heterocycles. The number of unbranched alkanes of at least 4 members (excludes halogenated alkanes) is 45. The second-order valence-corrected chi connectivity index (χ2v) is 25.6. The van der Waals surface area contributed by atoms with Gasteiger partial charge < -0.3 is 45.1 Å². The van der Waals surface area contributed by atoms with Crippen molar-refractivity contribution in [3.05, 3.63) is 48.6 Å². The van der Waals surface area contributed by atoms with E-state index in [1.807, 2.05) is 6.08 Å². The van der Waals surface area contributed by atoms with Gasteiger partial charge in [-0.2, -0.15) is 0 Å². The summed E-state index contributed by atoms with van der Waals surface area (Å²) in [4.78, 5) is 25.1. The Morgan fingerprint density at radius 1 is 0.430 bits per heavy atom. The molecule has 6 N–H and O–H groups in total. The van der Waals surface area contributed by atoms with Gasteiger partial charge in [-0.25, -0.2) is 0 Å². The Labute approximate surface area is 529 Å². The molecule has 0 aromatic rings. The molecule has 0 aliphatic carbocycles. The van der Waals surface area contributed by atoms with Gasteiger partial charge in [-0.15, -0.1) is 0 Å². The van der Waals surface area contributed by atoms with E-state index in [1.54, 1.807) is 6.08 Å². The maximum Gasteiger partial charge on any atom is 0.305 e. The number of allylic oxidation sites excluding steroid dienone is 7. The van der Waals surface area contributed by atoms with Crippen LogP contribution in [0.1, 0.15) is 354 Å². The molecular weight excluding hydrogens is 1070 g/mol. The van der Waals surface area contributed by atoms with Gasteiger partial charge in [0, 0.05) is 12.8 Å². The van der Waals surface area contributed by atoms with Gasteiger partial charge in [0.15, 0.2) is 6.29 Å². The Morgan fingerprint density at radius 3 is 1.22 bits per heavy atom. The average Bonchev–Trinajstić information content (AvgIpc) is 3.57. The lowest BCUT2D eigenvalue weighted by Gasteiger charge is -2.40. The Kier molecular flexibility index (Phi) is 60.9. The molecule has 0 saturated carbocycles. The summed E-state index contributed by atoms with van der Waals surface area (Å²) in [6, 6.07) is -0.806. The van der Waals surface area contributed by atoms with E-state index in [2.05, 4.69) is 55.6 Å².